The van der Waals surface area contributed by atoms with Crippen LogP contribution in [-0.2, 0) is 6.54 Å². The smallest absolute Gasteiger partial charge is 0.143 e. The van der Waals surface area contributed by atoms with Gasteiger partial charge in [-0.25, -0.2) is 0 Å². The Bertz CT molecular complexity index is 665. The lowest BCUT2D eigenvalue weighted by Gasteiger charge is -2.12. The van der Waals surface area contributed by atoms with Crippen LogP contribution in [-0.4, -0.2) is 7.11 Å². The van der Waals surface area contributed by atoms with Gasteiger partial charge < -0.3 is 10.1 Å². The Hall–Kier alpha value is -1.89. The molecule has 0 aromatic heterocycles. The second-order valence-electron chi connectivity index (χ2n) is 4.12. The van der Waals surface area contributed by atoms with Crippen LogP contribution in [0.5, 0.6) is 5.75 Å². The molecule has 0 saturated carbocycles. The van der Waals surface area contributed by atoms with E-state index in [1.165, 1.54) is 0 Å². The maximum atomic E-state index is 8.87. The standard InChI is InChI=1S/C15H12Cl2N2O/c1-20-15-6-10(8-18)2-5-14(15)19-9-11-7-12(16)3-4-13(11)17/h2-7,19H,9H2,1H3. The fourth-order valence-electron chi connectivity index (χ4n) is 1.78. The third kappa shape index (κ3) is 3.36. The van der Waals surface area contributed by atoms with E-state index in [4.69, 9.17) is 33.2 Å². The van der Waals surface area contributed by atoms with Crippen molar-refractivity contribution in [2.75, 3.05) is 12.4 Å². The zero-order valence-corrected chi connectivity index (χ0v) is 12.3. The number of ether oxygens (including phenoxy) is 1. The van der Waals surface area contributed by atoms with E-state index in [0.717, 1.165) is 11.3 Å². The maximum absolute atomic E-state index is 8.87. The summed E-state index contributed by atoms with van der Waals surface area (Å²) in [4.78, 5) is 0. The van der Waals surface area contributed by atoms with Gasteiger partial charge in [-0.3, -0.25) is 0 Å². The monoisotopic (exact) mass is 306 g/mol. The van der Waals surface area contributed by atoms with E-state index in [2.05, 4.69) is 11.4 Å². The van der Waals surface area contributed by atoms with E-state index in [0.29, 0.717) is 27.9 Å². The molecule has 1 N–H and O–H groups in total. The normalized spacial score (nSPS) is 9.90. The van der Waals surface area contributed by atoms with Crippen molar-refractivity contribution in [1.82, 2.24) is 0 Å². The van der Waals surface area contributed by atoms with Crippen LogP contribution in [0.25, 0.3) is 0 Å². The summed E-state index contributed by atoms with van der Waals surface area (Å²) in [7, 11) is 1.56. The van der Waals surface area contributed by atoms with Gasteiger partial charge in [0.2, 0.25) is 0 Å². The molecule has 0 fully saturated rings. The average molecular weight is 307 g/mol. The maximum Gasteiger partial charge on any atom is 0.143 e. The average Bonchev–Trinajstić information content (AvgIpc) is 2.48. The lowest BCUT2D eigenvalue weighted by Crippen LogP contribution is -2.02. The third-order valence-corrected chi connectivity index (χ3v) is 3.41. The van der Waals surface area contributed by atoms with Crippen molar-refractivity contribution in [1.29, 1.82) is 5.26 Å². The van der Waals surface area contributed by atoms with Gasteiger partial charge in [0.15, 0.2) is 0 Å². The number of methoxy groups -OCH3 is 1. The molecule has 0 amide bonds. The largest absolute Gasteiger partial charge is 0.495 e. The fraction of sp³-hybridized carbons (Fsp3) is 0.133. The van der Waals surface area contributed by atoms with Crippen molar-refractivity contribution < 1.29 is 4.74 Å². The summed E-state index contributed by atoms with van der Waals surface area (Å²) in [5, 5.41) is 13.4. The van der Waals surface area contributed by atoms with Crippen LogP contribution in [0.1, 0.15) is 11.1 Å². The van der Waals surface area contributed by atoms with E-state index < -0.39 is 0 Å². The highest BCUT2D eigenvalue weighted by molar-refractivity contribution is 6.33. The molecular weight excluding hydrogens is 295 g/mol. The zero-order valence-electron chi connectivity index (χ0n) is 10.8. The highest BCUT2D eigenvalue weighted by Gasteiger charge is 2.06. The number of hydrogen-bond acceptors (Lipinski definition) is 3. The number of rotatable bonds is 4. The highest BCUT2D eigenvalue weighted by atomic mass is 35.5. The van der Waals surface area contributed by atoms with Crippen LogP contribution in [0.15, 0.2) is 36.4 Å². The third-order valence-electron chi connectivity index (χ3n) is 2.81. The van der Waals surface area contributed by atoms with E-state index in [9.17, 15) is 0 Å². The highest BCUT2D eigenvalue weighted by Crippen LogP contribution is 2.27. The minimum Gasteiger partial charge on any atom is -0.495 e. The summed E-state index contributed by atoms with van der Waals surface area (Å²) in [5.41, 5.74) is 2.24. The second-order valence-corrected chi connectivity index (χ2v) is 4.96. The number of nitrogens with one attached hydrogen (secondary N) is 1. The molecule has 0 radical (unpaired) electrons. The van der Waals surface area contributed by atoms with E-state index in [1.54, 1.807) is 37.4 Å². The summed E-state index contributed by atoms with van der Waals surface area (Å²) in [6.45, 7) is 0.516. The summed E-state index contributed by atoms with van der Waals surface area (Å²) < 4.78 is 5.26. The fourth-order valence-corrected chi connectivity index (χ4v) is 2.16. The van der Waals surface area contributed by atoms with Crippen molar-refractivity contribution in [2.45, 2.75) is 6.54 Å². The van der Waals surface area contributed by atoms with E-state index in [-0.39, 0.29) is 0 Å². The second kappa shape index (κ2) is 6.51. The van der Waals surface area contributed by atoms with Gasteiger partial charge in [-0.2, -0.15) is 5.26 Å². The molecule has 0 unspecified atom stereocenters. The predicted molar refractivity (Wildman–Crippen MR) is 81.5 cm³/mol. The van der Waals surface area contributed by atoms with Crippen molar-refractivity contribution in [3.8, 4) is 11.8 Å². The molecule has 0 atom stereocenters. The summed E-state index contributed by atoms with van der Waals surface area (Å²) in [5.74, 6) is 0.613. The summed E-state index contributed by atoms with van der Waals surface area (Å²) in [6.07, 6.45) is 0. The molecular formula is C15H12Cl2N2O. The van der Waals surface area contributed by atoms with Gasteiger partial charge in [-0.05, 0) is 35.9 Å². The topological polar surface area (TPSA) is 45.0 Å². The number of anilines is 1. The number of nitrogens with zero attached hydrogens (tertiary/aromatic N) is 1. The van der Waals surface area contributed by atoms with Gasteiger partial charge in [0.25, 0.3) is 0 Å². The molecule has 0 aliphatic heterocycles. The van der Waals surface area contributed by atoms with Crippen molar-refractivity contribution in [3.63, 3.8) is 0 Å². The van der Waals surface area contributed by atoms with Crippen LogP contribution >= 0.6 is 23.2 Å². The first kappa shape index (κ1) is 14.5. The van der Waals surface area contributed by atoms with Crippen LogP contribution in [0.3, 0.4) is 0 Å². The van der Waals surface area contributed by atoms with Gasteiger partial charge in [0.1, 0.15) is 5.75 Å². The minimum atomic E-state index is 0.516. The van der Waals surface area contributed by atoms with Crippen molar-refractivity contribution in [3.05, 3.63) is 57.6 Å². The molecule has 5 heteroatoms. The minimum absolute atomic E-state index is 0.516. The number of halogens is 2. The van der Waals surface area contributed by atoms with Crippen molar-refractivity contribution in [2.24, 2.45) is 0 Å². The molecule has 3 nitrogen and oxygen atoms in total. The van der Waals surface area contributed by atoms with Gasteiger partial charge in [0, 0.05) is 22.7 Å². The lowest BCUT2D eigenvalue weighted by atomic mass is 10.2. The molecule has 102 valence electrons. The predicted octanol–water partition coefficient (Wildman–Crippen LogP) is 4.49. The van der Waals surface area contributed by atoms with Crippen molar-refractivity contribution >= 4 is 28.9 Å². The number of benzene rings is 2. The first-order chi connectivity index (χ1) is 9.63. The van der Waals surface area contributed by atoms with E-state index in [1.807, 2.05) is 6.07 Å². The van der Waals surface area contributed by atoms with E-state index >= 15 is 0 Å². The van der Waals surface area contributed by atoms with Crippen LogP contribution in [0.4, 0.5) is 5.69 Å². The molecule has 0 spiro atoms. The summed E-state index contributed by atoms with van der Waals surface area (Å²) in [6, 6.07) is 12.6. The zero-order chi connectivity index (χ0) is 14.5. The molecule has 0 aliphatic carbocycles. The Labute approximate surface area is 127 Å². The van der Waals surface area contributed by atoms with Gasteiger partial charge in [-0.15, -0.1) is 0 Å². The quantitative estimate of drug-likeness (QED) is 0.905. The molecule has 0 aliphatic rings. The Morgan fingerprint density at radius 2 is 2.00 bits per heavy atom. The molecule has 20 heavy (non-hydrogen) atoms. The molecule has 0 bridgehead atoms. The van der Waals surface area contributed by atoms with Crippen LogP contribution in [0, 0.1) is 11.3 Å². The first-order valence-corrected chi connectivity index (χ1v) is 6.65. The van der Waals surface area contributed by atoms with Gasteiger partial charge >= 0.3 is 0 Å². The first-order valence-electron chi connectivity index (χ1n) is 5.90. The number of hydrogen-bond donors (Lipinski definition) is 1. The van der Waals surface area contributed by atoms with Crippen LogP contribution in [0.2, 0.25) is 10.0 Å². The SMILES string of the molecule is COc1cc(C#N)ccc1NCc1cc(Cl)ccc1Cl. The molecule has 0 heterocycles. The molecule has 2 aromatic rings. The molecule has 2 rings (SSSR count). The Kier molecular flexibility index (Phi) is 4.73. The Balaban J connectivity index is 2.19. The summed E-state index contributed by atoms with van der Waals surface area (Å²) >= 11 is 12.1. The van der Waals surface area contributed by atoms with Gasteiger partial charge in [0.05, 0.1) is 24.4 Å². The number of nitriles is 1. The molecule has 2 aromatic carbocycles. The Morgan fingerprint density at radius 1 is 1.20 bits per heavy atom. The lowest BCUT2D eigenvalue weighted by molar-refractivity contribution is 0.416. The van der Waals surface area contributed by atoms with Gasteiger partial charge in [-0.1, -0.05) is 23.2 Å². The van der Waals surface area contributed by atoms with Crippen LogP contribution < -0.4 is 10.1 Å². The molecule has 0 saturated heterocycles. The Morgan fingerprint density at radius 3 is 2.70 bits per heavy atom.